The van der Waals surface area contributed by atoms with Gasteiger partial charge in [0.25, 0.3) is 0 Å². The number of hydrogen-bond donors (Lipinski definition) is 0. The van der Waals surface area contributed by atoms with Gasteiger partial charge in [-0.1, -0.05) is 238 Å². The van der Waals surface area contributed by atoms with Gasteiger partial charge in [0, 0.05) is 73.0 Å². The van der Waals surface area contributed by atoms with E-state index in [9.17, 15) is 0 Å². The normalized spacial score (nSPS) is 20.7. The summed E-state index contributed by atoms with van der Waals surface area (Å²) in [5.74, 6) is -3.52. The number of fused-ring (bicyclic) bond motifs is 3. The molecule has 506 valence electrons. The summed E-state index contributed by atoms with van der Waals surface area (Å²) in [6.07, 6.45) is 7.77. The summed E-state index contributed by atoms with van der Waals surface area (Å²) in [5.41, 5.74) is 5.22. The molecular formula is C84H84F3O10P. The average molecular weight is 1340 g/mol. The monoisotopic (exact) mass is 1340 g/mol. The smallest absolute Gasteiger partial charge is 0.482 e. The van der Waals surface area contributed by atoms with Crippen LogP contribution in [0.4, 0.5) is 13.2 Å². The summed E-state index contributed by atoms with van der Waals surface area (Å²) < 4.78 is 110. The van der Waals surface area contributed by atoms with Crippen LogP contribution in [0.2, 0.25) is 0 Å². The van der Waals surface area contributed by atoms with E-state index in [1.54, 1.807) is 0 Å². The van der Waals surface area contributed by atoms with E-state index in [1.807, 2.05) is 224 Å². The minimum atomic E-state index is -5.56. The third-order valence-electron chi connectivity index (χ3n) is 22.5. The third kappa shape index (κ3) is 12.9. The lowest BCUT2D eigenvalue weighted by molar-refractivity contribution is -0.239. The fraction of sp³-hybridized carbons (Fsp3) is 0.357. The molecule has 14 heteroatoms. The second-order valence-corrected chi connectivity index (χ2v) is 30.3. The van der Waals surface area contributed by atoms with E-state index in [1.165, 1.54) is 18.2 Å². The van der Waals surface area contributed by atoms with Crippen LogP contribution in [0.3, 0.4) is 0 Å². The lowest BCUT2D eigenvalue weighted by Gasteiger charge is -2.34. The van der Waals surface area contributed by atoms with E-state index in [4.69, 9.17) is 42.9 Å². The molecule has 9 aromatic carbocycles. The van der Waals surface area contributed by atoms with Gasteiger partial charge in [-0.25, -0.2) is 17.7 Å². The first-order chi connectivity index (χ1) is 47.5. The molecule has 3 heterocycles. The Kier molecular flexibility index (Phi) is 17.9. The number of halogens is 3. The molecule has 6 atom stereocenters. The highest BCUT2D eigenvalue weighted by Crippen LogP contribution is 2.63. The molecule has 6 aliphatic rings. The van der Waals surface area contributed by atoms with Crippen LogP contribution >= 0.6 is 7.82 Å². The predicted molar refractivity (Wildman–Crippen MR) is 372 cm³/mol. The number of phosphoric acid groups is 1. The van der Waals surface area contributed by atoms with Crippen LogP contribution in [0, 0.1) is 35.2 Å². The zero-order valence-corrected chi connectivity index (χ0v) is 57.3. The third-order valence-corrected chi connectivity index (χ3v) is 23.3. The van der Waals surface area contributed by atoms with Crippen molar-refractivity contribution in [3.8, 4) is 34.5 Å². The molecule has 0 bridgehead atoms. The highest BCUT2D eigenvalue weighted by molar-refractivity contribution is 7.48. The number of hydrogen-bond acceptors (Lipinski definition) is 10. The lowest BCUT2D eigenvalue weighted by atomic mass is 9.76. The summed E-state index contributed by atoms with van der Waals surface area (Å²) >= 11 is 0. The Morgan fingerprint density at radius 3 is 0.765 bits per heavy atom. The minimum absolute atomic E-state index is 0.0213. The van der Waals surface area contributed by atoms with Crippen LogP contribution in [-0.4, -0.2) is 16.8 Å². The van der Waals surface area contributed by atoms with Crippen molar-refractivity contribution in [2.24, 2.45) is 17.8 Å². The molecular weight excluding hydrogens is 1260 g/mol. The molecule has 0 aromatic heterocycles. The summed E-state index contributed by atoms with van der Waals surface area (Å²) in [5, 5.41) is 0. The molecule has 0 saturated heterocycles. The molecule has 0 N–H and O–H groups in total. The highest BCUT2D eigenvalue weighted by atomic mass is 31.2. The van der Waals surface area contributed by atoms with Crippen molar-refractivity contribution in [3.05, 3.63) is 284 Å². The van der Waals surface area contributed by atoms with E-state index >= 15 is 17.7 Å². The quantitative estimate of drug-likeness (QED) is 0.0281. The van der Waals surface area contributed by atoms with E-state index in [-0.39, 0.29) is 70.0 Å². The van der Waals surface area contributed by atoms with Crippen LogP contribution in [0.15, 0.2) is 200 Å². The van der Waals surface area contributed by atoms with E-state index in [0.29, 0.717) is 71.9 Å². The molecule has 10 nitrogen and oxygen atoms in total. The predicted octanol–water partition coefficient (Wildman–Crippen LogP) is 21.2. The molecule has 9 aromatic rings. The molecule has 0 radical (unpaired) electrons. The average Bonchev–Trinajstić information content (AvgIpc) is 1.59. The summed E-state index contributed by atoms with van der Waals surface area (Å²) in [6, 6.07) is 64.2. The number of rotatable bonds is 27. The minimum Gasteiger partial charge on any atom is -0.482 e. The summed E-state index contributed by atoms with van der Waals surface area (Å²) in [6.45, 7) is 12.1. The topological polar surface area (TPSA) is 100 Å². The molecule has 3 aliphatic carbocycles. The van der Waals surface area contributed by atoms with Crippen molar-refractivity contribution in [3.63, 3.8) is 0 Å². The zero-order chi connectivity index (χ0) is 67.5. The SMILES string of the molecule is CC(c1cc(F)c2c(c1OOP(=O)(OOc1c(C(C)C3CC3)cc(F)c3c1C(C)C(Cc1ccccc1)(Cc1ccccc1)O3)OOc1c(C(C)C3CC3)cc(F)c3c1C(C)C(Cc1ccccc1)(Cc1ccccc1)O3)C(C)C(Cc1ccccc1)(Cc1ccccc1)O2)C1CC1. The van der Waals surface area contributed by atoms with E-state index < -0.39 is 59.8 Å². The second-order valence-electron chi connectivity index (χ2n) is 29.0. The Morgan fingerprint density at radius 2 is 0.571 bits per heavy atom. The van der Waals surface area contributed by atoms with Crippen molar-refractivity contribution < 1.29 is 60.6 Å². The Hall–Kier alpha value is -8.32. The van der Waals surface area contributed by atoms with Crippen LogP contribution in [-0.2, 0) is 57.1 Å². The van der Waals surface area contributed by atoms with Gasteiger partial charge >= 0.3 is 7.82 Å². The first-order valence-electron chi connectivity index (χ1n) is 35.1. The maximum absolute atomic E-state index is 17.5. The van der Waals surface area contributed by atoms with Gasteiger partial charge in [0.2, 0.25) is 0 Å². The Balaban J connectivity index is 0.864. The van der Waals surface area contributed by atoms with Gasteiger partial charge in [0.15, 0.2) is 51.9 Å². The summed E-state index contributed by atoms with van der Waals surface area (Å²) in [7, 11) is -5.56. The van der Waals surface area contributed by atoms with Gasteiger partial charge in [-0.15, -0.1) is 0 Å². The van der Waals surface area contributed by atoms with Gasteiger partial charge in [0.05, 0.1) is 16.7 Å². The molecule has 3 fully saturated rings. The zero-order valence-electron chi connectivity index (χ0n) is 56.4. The maximum atomic E-state index is 17.5. The Morgan fingerprint density at radius 1 is 0.367 bits per heavy atom. The van der Waals surface area contributed by atoms with Crippen LogP contribution < -0.4 is 28.9 Å². The van der Waals surface area contributed by atoms with Crippen molar-refractivity contribution >= 4 is 7.82 Å². The molecule has 15 rings (SSSR count). The van der Waals surface area contributed by atoms with Gasteiger partial charge in [-0.3, -0.25) is 0 Å². The van der Waals surface area contributed by atoms with Crippen molar-refractivity contribution in [1.29, 1.82) is 0 Å². The van der Waals surface area contributed by atoms with Gasteiger partial charge in [-0.05, 0) is 126 Å². The van der Waals surface area contributed by atoms with Crippen LogP contribution in [0.5, 0.6) is 34.5 Å². The van der Waals surface area contributed by atoms with Gasteiger partial charge < -0.3 is 28.9 Å². The lowest BCUT2D eigenvalue weighted by Crippen LogP contribution is -2.42. The van der Waals surface area contributed by atoms with Crippen molar-refractivity contribution in [2.45, 2.75) is 171 Å². The van der Waals surface area contributed by atoms with E-state index in [0.717, 1.165) is 71.9 Å². The molecule has 0 amide bonds. The first kappa shape index (κ1) is 65.6. The molecule has 0 spiro atoms. The summed E-state index contributed by atoms with van der Waals surface area (Å²) in [4.78, 5) is 20.1. The standard InChI is InChI=1S/C84H84F3O10P/c1-52(64-37-38-64)67-43-70(85)79-73(55(4)82(89-79,46-58-25-13-7-14-26-58)47-59-27-15-8-16-28-59)76(67)92-95-98(88,96-93-77-68(53(2)65-39-40-65)44-71(86)80-74(77)56(5)83(90-80,48-60-29-17-9-18-30-60)49-61-31-19-10-20-32-61)97-94-78-69(54(3)66-41-42-66)45-72(87)81-75(78)57(6)84(91-81,50-62-33-21-11-22-34-62)51-63-35-23-12-24-36-63/h7-36,43-45,52-57,64-66H,37-42,46-51H2,1-6H3. The number of ether oxygens (including phenoxy) is 3. The van der Waals surface area contributed by atoms with Crippen molar-refractivity contribution in [1.82, 2.24) is 0 Å². The molecule has 98 heavy (non-hydrogen) atoms. The number of benzene rings is 9. The van der Waals surface area contributed by atoms with Crippen LogP contribution in [0.25, 0.3) is 0 Å². The van der Waals surface area contributed by atoms with E-state index in [2.05, 4.69) is 0 Å². The highest BCUT2D eigenvalue weighted by Gasteiger charge is 2.55. The molecule has 6 unspecified atom stereocenters. The fourth-order valence-electron chi connectivity index (χ4n) is 16.2. The Bertz CT molecular complexity index is 3810. The maximum Gasteiger partial charge on any atom is 0.583 e. The van der Waals surface area contributed by atoms with Gasteiger partial charge in [-0.2, -0.15) is 0 Å². The molecule has 3 saturated carbocycles. The molecule has 3 aliphatic heterocycles. The first-order valence-corrected chi connectivity index (χ1v) is 36.5. The van der Waals surface area contributed by atoms with Gasteiger partial charge in [0.1, 0.15) is 16.8 Å². The van der Waals surface area contributed by atoms with Crippen LogP contribution in [0.1, 0.15) is 182 Å². The largest absolute Gasteiger partial charge is 0.583 e. The van der Waals surface area contributed by atoms with Crippen molar-refractivity contribution in [2.75, 3.05) is 0 Å². The second kappa shape index (κ2) is 26.7. The fourth-order valence-corrected chi connectivity index (χ4v) is 16.8. The Labute approximate surface area is 573 Å².